The van der Waals surface area contributed by atoms with Crippen LogP contribution in [0.5, 0.6) is 0 Å². The highest BCUT2D eigenvalue weighted by atomic mass is 35.5. The Balaban J connectivity index is 1.66. The molecule has 0 aromatic heterocycles. The first kappa shape index (κ1) is 14.2. The van der Waals surface area contributed by atoms with Crippen molar-refractivity contribution in [3.05, 3.63) is 28.8 Å². The second kappa shape index (κ2) is 5.95. The van der Waals surface area contributed by atoms with Crippen molar-refractivity contribution >= 4 is 17.3 Å². The van der Waals surface area contributed by atoms with Crippen molar-refractivity contribution in [3.63, 3.8) is 0 Å². The van der Waals surface area contributed by atoms with Gasteiger partial charge in [0.1, 0.15) is 0 Å². The Labute approximate surface area is 127 Å². The number of nitrogens with zero attached hydrogens (tertiary/aromatic N) is 1. The second-order valence-electron chi connectivity index (χ2n) is 6.64. The van der Waals surface area contributed by atoms with Crippen molar-refractivity contribution in [1.29, 1.82) is 0 Å². The molecule has 3 rings (SSSR count). The third-order valence-corrected chi connectivity index (χ3v) is 5.55. The summed E-state index contributed by atoms with van der Waals surface area (Å²) < 4.78 is 0. The number of hydrogen-bond acceptors (Lipinski definition) is 2. The highest BCUT2D eigenvalue weighted by Crippen LogP contribution is 2.48. The molecule has 110 valence electrons. The summed E-state index contributed by atoms with van der Waals surface area (Å²) in [6.07, 6.45) is 6.72. The molecule has 1 aromatic rings. The van der Waals surface area contributed by atoms with Gasteiger partial charge < -0.3 is 10.6 Å². The summed E-state index contributed by atoms with van der Waals surface area (Å²) in [5.41, 5.74) is 7.99. The van der Waals surface area contributed by atoms with Gasteiger partial charge in [0, 0.05) is 13.6 Å². The van der Waals surface area contributed by atoms with E-state index in [9.17, 15) is 0 Å². The van der Waals surface area contributed by atoms with Crippen LogP contribution in [0.25, 0.3) is 0 Å². The molecule has 3 unspecified atom stereocenters. The van der Waals surface area contributed by atoms with E-state index < -0.39 is 0 Å². The first-order valence-corrected chi connectivity index (χ1v) is 8.24. The van der Waals surface area contributed by atoms with Crippen LogP contribution in [0.4, 0.5) is 5.69 Å². The van der Waals surface area contributed by atoms with Gasteiger partial charge >= 0.3 is 0 Å². The molecule has 0 amide bonds. The fourth-order valence-electron chi connectivity index (χ4n) is 4.23. The zero-order valence-corrected chi connectivity index (χ0v) is 13.1. The highest BCUT2D eigenvalue weighted by Gasteiger charge is 2.39. The summed E-state index contributed by atoms with van der Waals surface area (Å²) in [6, 6.07) is 6.38. The summed E-state index contributed by atoms with van der Waals surface area (Å²) in [7, 11) is 2.18. The van der Waals surface area contributed by atoms with Gasteiger partial charge in [-0.25, -0.2) is 0 Å². The zero-order valence-electron chi connectivity index (χ0n) is 12.3. The van der Waals surface area contributed by atoms with E-state index in [-0.39, 0.29) is 0 Å². The molecule has 1 aromatic carbocycles. The van der Waals surface area contributed by atoms with E-state index in [1.165, 1.54) is 31.2 Å². The SMILES string of the molecule is CN(CC1CC2CCC1C2)c1ccc(CCN)cc1Cl. The largest absolute Gasteiger partial charge is 0.373 e. The van der Waals surface area contributed by atoms with Crippen LogP contribution in [-0.2, 0) is 6.42 Å². The predicted molar refractivity (Wildman–Crippen MR) is 86.4 cm³/mol. The van der Waals surface area contributed by atoms with Gasteiger partial charge in [0.05, 0.1) is 10.7 Å². The van der Waals surface area contributed by atoms with E-state index in [1.807, 2.05) is 0 Å². The van der Waals surface area contributed by atoms with E-state index in [4.69, 9.17) is 17.3 Å². The Kier molecular flexibility index (Phi) is 4.23. The minimum absolute atomic E-state index is 0.677. The average Bonchev–Trinajstić information content (AvgIpc) is 3.01. The number of anilines is 1. The summed E-state index contributed by atoms with van der Waals surface area (Å²) in [5.74, 6) is 2.86. The quantitative estimate of drug-likeness (QED) is 0.896. The molecule has 20 heavy (non-hydrogen) atoms. The lowest BCUT2D eigenvalue weighted by atomic mass is 9.88. The number of hydrogen-bond donors (Lipinski definition) is 1. The normalized spacial score (nSPS) is 28.1. The molecule has 0 spiro atoms. The van der Waals surface area contributed by atoms with Crippen molar-refractivity contribution in [2.24, 2.45) is 23.5 Å². The predicted octanol–water partition coefficient (Wildman–Crippen LogP) is 3.71. The fraction of sp³-hybridized carbons (Fsp3) is 0.647. The Hall–Kier alpha value is -0.730. The van der Waals surface area contributed by atoms with Crippen molar-refractivity contribution in [1.82, 2.24) is 0 Å². The lowest BCUT2D eigenvalue weighted by molar-refractivity contribution is 0.337. The molecule has 2 aliphatic rings. The fourth-order valence-corrected chi connectivity index (χ4v) is 4.58. The summed E-state index contributed by atoms with van der Waals surface area (Å²) in [5, 5.41) is 0.863. The molecule has 0 heterocycles. The summed E-state index contributed by atoms with van der Waals surface area (Å²) >= 11 is 6.44. The van der Waals surface area contributed by atoms with Crippen LogP contribution >= 0.6 is 11.6 Å². The zero-order chi connectivity index (χ0) is 14.1. The molecule has 0 aliphatic heterocycles. The molecule has 2 saturated carbocycles. The average molecular weight is 293 g/mol. The standard InChI is InChI=1S/C17H25ClN2/c1-20(11-15-9-13-2-4-14(15)8-13)17-5-3-12(6-7-19)10-16(17)18/h3,5,10,13-15H,2,4,6-9,11,19H2,1H3. The van der Waals surface area contributed by atoms with E-state index in [0.29, 0.717) is 6.54 Å². The minimum atomic E-state index is 0.677. The maximum absolute atomic E-state index is 6.44. The van der Waals surface area contributed by atoms with Crippen LogP contribution in [0.3, 0.4) is 0 Å². The van der Waals surface area contributed by atoms with Gasteiger partial charge in [-0.1, -0.05) is 24.1 Å². The van der Waals surface area contributed by atoms with Gasteiger partial charge in [-0.3, -0.25) is 0 Å². The summed E-state index contributed by atoms with van der Waals surface area (Å²) in [6.45, 7) is 1.83. The first-order chi connectivity index (χ1) is 9.67. The lowest BCUT2D eigenvalue weighted by Crippen LogP contribution is -2.28. The molecule has 0 saturated heterocycles. The van der Waals surface area contributed by atoms with E-state index >= 15 is 0 Å². The van der Waals surface area contributed by atoms with Gasteiger partial charge in [-0.05, 0) is 67.7 Å². The number of benzene rings is 1. The minimum Gasteiger partial charge on any atom is -0.373 e. The second-order valence-corrected chi connectivity index (χ2v) is 7.05. The molecule has 2 fully saturated rings. The van der Waals surface area contributed by atoms with E-state index in [1.54, 1.807) is 0 Å². The number of halogens is 1. The van der Waals surface area contributed by atoms with Crippen LogP contribution in [0.2, 0.25) is 5.02 Å². The number of rotatable bonds is 5. The Morgan fingerprint density at radius 2 is 2.15 bits per heavy atom. The third kappa shape index (κ3) is 2.82. The van der Waals surface area contributed by atoms with Crippen molar-refractivity contribution < 1.29 is 0 Å². The van der Waals surface area contributed by atoms with Gasteiger partial charge in [0.25, 0.3) is 0 Å². The maximum atomic E-state index is 6.44. The Bertz CT molecular complexity index is 474. The van der Waals surface area contributed by atoms with Crippen LogP contribution in [-0.4, -0.2) is 20.1 Å². The molecule has 2 aliphatic carbocycles. The van der Waals surface area contributed by atoms with Crippen molar-refractivity contribution in [3.8, 4) is 0 Å². The summed E-state index contributed by atoms with van der Waals surface area (Å²) in [4.78, 5) is 2.35. The third-order valence-electron chi connectivity index (χ3n) is 5.25. The van der Waals surface area contributed by atoms with Crippen LogP contribution < -0.4 is 10.6 Å². The number of nitrogens with two attached hydrogens (primary N) is 1. The van der Waals surface area contributed by atoms with Crippen LogP contribution in [0.1, 0.15) is 31.2 Å². The molecule has 2 nitrogen and oxygen atoms in total. The molecule has 0 radical (unpaired) electrons. The monoisotopic (exact) mass is 292 g/mol. The molecular formula is C17H25ClN2. The Morgan fingerprint density at radius 3 is 2.75 bits per heavy atom. The highest BCUT2D eigenvalue weighted by molar-refractivity contribution is 6.33. The number of fused-ring (bicyclic) bond motifs is 2. The first-order valence-electron chi connectivity index (χ1n) is 7.87. The van der Waals surface area contributed by atoms with Crippen LogP contribution in [0.15, 0.2) is 18.2 Å². The lowest BCUT2D eigenvalue weighted by Gasteiger charge is -2.29. The van der Waals surface area contributed by atoms with Gasteiger partial charge in [0.2, 0.25) is 0 Å². The smallest absolute Gasteiger partial charge is 0.0642 e. The van der Waals surface area contributed by atoms with Crippen LogP contribution in [0, 0.1) is 17.8 Å². The van der Waals surface area contributed by atoms with Gasteiger partial charge in [-0.15, -0.1) is 0 Å². The van der Waals surface area contributed by atoms with E-state index in [0.717, 1.165) is 41.4 Å². The van der Waals surface area contributed by atoms with Gasteiger partial charge in [0.15, 0.2) is 0 Å². The maximum Gasteiger partial charge on any atom is 0.0642 e. The van der Waals surface area contributed by atoms with Crippen molar-refractivity contribution in [2.75, 3.05) is 25.0 Å². The Morgan fingerprint density at radius 1 is 1.30 bits per heavy atom. The molecular weight excluding hydrogens is 268 g/mol. The van der Waals surface area contributed by atoms with Crippen molar-refractivity contribution in [2.45, 2.75) is 32.1 Å². The molecule has 2 bridgehead atoms. The topological polar surface area (TPSA) is 29.3 Å². The van der Waals surface area contributed by atoms with E-state index in [2.05, 4.69) is 30.1 Å². The molecule has 2 N–H and O–H groups in total. The molecule has 3 heteroatoms. The van der Waals surface area contributed by atoms with Gasteiger partial charge in [-0.2, -0.15) is 0 Å². The molecule has 3 atom stereocenters.